The Hall–Kier alpha value is -2.76. The second kappa shape index (κ2) is 6.13. The van der Waals surface area contributed by atoms with Crippen molar-refractivity contribution in [1.29, 1.82) is 0 Å². The molecule has 0 fully saturated rings. The van der Waals surface area contributed by atoms with Crippen LogP contribution >= 0.6 is 0 Å². The molecular formula is C15H16N4O2. The molecule has 0 unspecified atom stereocenters. The minimum atomic E-state index is -0.552. The number of benzene rings is 1. The van der Waals surface area contributed by atoms with E-state index in [0.717, 1.165) is 5.69 Å². The fourth-order valence-electron chi connectivity index (χ4n) is 1.99. The van der Waals surface area contributed by atoms with E-state index in [1.165, 1.54) is 0 Å². The predicted molar refractivity (Wildman–Crippen MR) is 77.6 cm³/mol. The lowest BCUT2D eigenvalue weighted by atomic mass is 10.0. The van der Waals surface area contributed by atoms with Crippen LogP contribution in [0.15, 0.2) is 30.5 Å². The van der Waals surface area contributed by atoms with Crippen LogP contribution in [0.4, 0.5) is 0 Å². The van der Waals surface area contributed by atoms with E-state index in [1.807, 2.05) is 6.92 Å². The minimum absolute atomic E-state index is 0.223. The van der Waals surface area contributed by atoms with Gasteiger partial charge in [0.2, 0.25) is 5.91 Å². The average molecular weight is 284 g/mol. The van der Waals surface area contributed by atoms with Crippen molar-refractivity contribution in [3.05, 3.63) is 58.7 Å². The molecule has 0 aliphatic rings. The SMILES string of the molecule is Cc1ccnc(CNC(=O)c2cccc(C(N)=O)c2C)n1. The van der Waals surface area contributed by atoms with Crippen LogP contribution in [-0.4, -0.2) is 21.8 Å². The first-order chi connectivity index (χ1) is 9.99. The summed E-state index contributed by atoms with van der Waals surface area (Å²) in [5.74, 6) is -0.308. The molecule has 0 saturated carbocycles. The van der Waals surface area contributed by atoms with Gasteiger partial charge in [0, 0.05) is 23.0 Å². The van der Waals surface area contributed by atoms with Crippen LogP contribution in [0.1, 0.15) is 37.8 Å². The maximum absolute atomic E-state index is 12.2. The molecule has 21 heavy (non-hydrogen) atoms. The van der Waals surface area contributed by atoms with Crippen molar-refractivity contribution < 1.29 is 9.59 Å². The van der Waals surface area contributed by atoms with Gasteiger partial charge in [-0.3, -0.25) is 9.59 Å². The highest BCUT2D eigenvalue weighted by molar-refractivity contribution is 6.01. The van der Waals surface area contributed by atoms with Gasteiger partial charge in [-0.05, 0) is 37.6 Å². The highest BCUT2D eigenvalue weighted by Gasteiger charge is 2.14. The average Bonchev–Trinajstić information content (AvgIpc) is 2.45. The van der Waals surface area contributed by atoms with E-state index >= 15 is 0 Å². The molecule has 2 amide bonds. The molecule has 6 nitrogen and oxygen atoms in total. The number of nitrogens with one attached hydrogen (secondary N) is 1. The second-order valence-electron chi connectivity index (χ2n) is 4.64. The fourth-order valence-corrected chi connectivity index (χ4v) is 1.99. The van der Waals surface area contributed by atoms with Crippen molar-refractivity contribution >= 4 is 11.8 Å². The van der Waals surface area contributed by atoms with Crippen molar-refractivity contribution in [2.75, 3.05) is 0 Å². The summed E-state index contributed by atoms with van der Waals surface area (Å²) >= 11 is 0. The smallest absolute Gasteiger partial charge is 0.251 e. The van der Waals surface area contributed by atoms with Crippen molar-refractivity contribution in [2.45, 2.75) is 20.4 Å². The maximum Gasteiger partial charge on any atom is 0.251 e. The number of nitrogens with zero attached hydrogens (tertiary/aromatic N) is 2. The number of carbonyl (C=O) groups excluding carboxylic acids is 2. The third-order valence-electron chi connectivity index (χ3n) is 3.10. The van der Waals surface area contributed by atoms with E-state index in [4.69, 9.17) is 5.73 Å². The molecule has 0 saturated heterocycles. The number of carbonyl (C=O) groups is 2. The molecule has 2 rings (SSSR count). The standard InChI is InChI=1S/C15H16N4O2/c1-9-6-7-17-13(19-9)8-18-15(21)12-5-3-4-11(10(12)2)14(16)20/h3-7H,8H2,1-2H3,(H2,16,20)(H,18,21). The lowest BCUT2D eigenvalue weighted by Gasteiger charge is -2.09. The number of aromatic nitrogens is 2. The van der Waals surface area contributed by atoms with E-state index in [-0.39, 0.29) is 12.5 Å². The first-order valence-electron chi connectivity index (χ1n) is 6.45. The Morgan fingerprint density at radius 1 is 1.19 bits per heavy atom. The zero-order valence-electron chi connectivity index (χ0n) is 11.9. The summed E-state index contributed by atoms with van der Waals surface area (Å²) in [6, 6.07) is 6.66. The van der Waals surface area contributed by atoms with Crippen LogP contribution in [-0.2, 0) is 6.54 Å². The van der Waals surface area contributed by atoms with Gasteiger partial charge >= 0.3 is 0 Å². The van der Waals surface area contributed by atoms with Crippen LogP contribution in [0.25, 0.3) is 0 Å². The first kappa shape index (κ1) is 14.6. The molecule has 0 bridgehead atoms. The van der Waals surface area contributed by atoms with Gasteiger partial charge in [0.15, 0.2) is 0 Å². The Morgan fingerprint density at radius 2 is 1.90 bits per heavy atom. The minimum Gasteiger partial charge on any atom is -0.366 e. The molecule has 0 radical (unpaired) electrons. The lowest BCUT2D eigenvalue weighted by Crippen LogP contribution is -2.26. The van der Waals surface area contributed by atoms with Gasteiger partial charge in [-0.15, -0.1) is 0 Å². The molecular weight excluding hydrogens is 268 g/mol. The molecule has 1 aromatic carbocycles. The van der Waals surface area contributed by atoms with Gasteiger partial charge in [-0.25, -0.2) is 9.97 Å². The van der Waals surface area contributed by atoms with Crippen LogP contribution in [0.5, 0.6) is 0 Å². The van der Waals surface area contributed by atoms with Crippen LogP contribution in [0.3, 0.4) is 0 Å². The molecule has 1 heterocycles. The quantitative estimate of drug-likeness (QED) is 0.879. The van der Waals surface area contributed by atoms with Gasteiger partial charge in [0.25, 0.3) is 5.91 Å². The number of rotatable bonds is 4. The summed E-state index contributed by atoms with van der Waals surface area (Å²) in [7, 11) is 0. The van der Waals surface area contributed by atoms with Gasteiger partial charge < -0.3 is 11.1 Å². The number of nitrogens with two attached hydrogens (primary N) is 1. The largest absolute Gasteiger partial charge is 0.366 e. The summed E-state index contributed by atoms with van der Waals surface area (Å²) in [6.45, 7) is 3.77. The lowest BCUT2D eigenvalue weighted by molar-refractivity contribution is 0.0949. The van der Waals surface area contributed by atoms with E-state index in [2.05, 4.69) is 15.3 Å². The molecule has 108 valence electrons. The number of aryl methyl sites for hydroxylation is 1. The third kappa shape index (κ3) is 3.42. The number of hydrogen-bond acceptors (Lipinski definition) is 4. The molecule has 1 aromatic heterocycles. The monoisotopic (exact) mass is 284 g/mol. The molecule has 0 atom stereocenters. The Balaban J connectivity index is 2.14. The Morgan fingerprint density at radius 3 is 2.57 bits per heavy atom. The topological polar surface area (TPSA) is 98.0 Å². The Labute approximate surface area is 122 Å². The first-order valence-corrected chi connectivity index (χ1v) is 6.45. The van der Waals surface area contributed by atoms with Crippen molar-refractivity contribution in [1.82, 2.24) is 15.3 Å². The normalized spacial score (nSPS) is 10.2. The molecule has 0 spiro atoms. The molecule has 0 aliphatic heterocycles. The summed E-state index contributed by atoms with van der Waals surface area (Å²) < 4.78 is 0. The zero-order valence-corrected chi connectivity index (χ0v) is 11.9. The molecule has 6 heteroatoms. The zero-order chi connectivity index (χ0) is 15.4. The van der Waals surface area contributed by atoms with Gasteiger partial charge in [-0.2, -0.15) is 0 Å². The highest BCUT2D eigenvalue weighted by atomic mass is 16.2. The van der Waals surface area contributed by atoms with Gasteiger partial charge in [0.1, 0.15) is 5.82 Å². The highest BCUT2D eigenvalue weighted by Crippen LogP contribution is 2.13. The fraction of sp³-hybridized carbons (Fsp3) is 0.200. The molecule has 0 aliphatic carbocycles. The molecule has 3 N–H and O–H groups in total. The van der Waals surface area contributed by atoms with E-state index in [9.17, 15) is 9.59 Å². The summed E-state index contributed by atoms with van der Waals surface area (Å²) in [6.07, 6.45) is 1.64. The van der Waals surface area contributed by atoms with E-state index < -0.39 is 5.91 Å². The second-order valence-corrected chi connectivity index (χ2v) is 4.64. The predicted octanol–water partition coefficient (Wildman–Crippen LogP) is 1.12. The van der Waals surface area contributed by atoms with E-state index in [0.29, 0.717) is 22.5 Å². The number of primary amides is 1. The Bertz CT molecular complexity index is 698. The summed E-state index contributed by atoms with van der Waals surface area (Å²) in [5, 5.41) is 2.73. The van der Waals surface area contributed by atoms with Crippen molar-refractivity contribution in [3.8, 4) is 0 Å². The van der Waals surface area contributed by atoms with Crippen molar-refractivity contribution in [2.24, 2.45) is 5.73 Å². The molecule has 2 aromatic rings. The van der Waals surface area contributed by atoms with Crippen molar-refractivity contribution in [3.63, 3.8) is 0 Å². The third-order valence-corrected chi connectivity index (χ3v) is 3.10. The van der Waals surface area contributed by atoms with Crippen LogP contribution < -0.4 is 11.1 Å². The maximum atomic E-state index is 12.2. The summed E-state index contributed by atoms with van der Waals surface area (Å²) in [4.78, 5) is 31.7. The van der Waals surface area contributed by atoms with Gasteiger partial charge in [-0.1, -0.05) is 6.07 Å². The number of amides is 2. The number of hydrogen-bond donors (Lipinski definition) is 2. The van der Waals surface area contributed by atoms with Gasteiger partial charge in [0.05, 0.1) is 6.54 Å². The summed E-state index contributed by atoms with van der Waals surface area (Å²) in [5.41, 5.74) is 7.43. The van der Waals surface area contributed by atoms with Crippen LogP contribution in [0.2, 0.25) is 0 Å². The van der Waals surface area contributed by atoms with Crippen LogP contribution in [0, 0.1) is 13.8 Å². The Kier molecular flexibility index (Phi) is 4.27. The van der Waals surface area contributed by atoms with E-state index in [1.54, 1.807) is 37.4 Å².